The molecule has 1 heterocycles. The third-order valence-corrected chi connectivity index (χ3v) is 4.70. The molecule has 0 radical (unpaired) electrons. The number of hydrogen-bond donors (Lipinski definition) is 2. The quantitative estimate of drug-likeness (QED) is 0.666. The zero-order chi connectivity index (χ0) is 21.7. The second-order valence-corrected chi connectivity index (χ2v) is 6.93. The van der Waals surface area contributed by atoms with Crippen molar-refractivity contribution < 1.29 is 17.9 Å². The molecule has 1 unspecified atom stereocenters. The lowest BCUT2D eigenvalue weighted by Gasteiger charge is -2.36. The fourth-order valence-corrected chi connectivity index (χ4v) is 3.25. The van der Waals surface area contributed by atoms with E-state index in [1.165, 1.54) is 19.2 Å². The summed E-state index contributed by atoms with van der Waals surface area (Å²) < 4.78 is 46.3. The number of halogens is 4. The molecular formula is C20H21ClF3N5O. The molecule has 3 rings (SSSR count). The van der Waals surface area contributed by atoms with Gasteiger partial charge in [-0.2, -0.15) is 13.2 Å². The van der Waals surface area contributed by atoms with E-state index in [4.69, 9.17) is 22.1 Å². The Labute approximate surface area is 177 Å². The van der Waals surface area contributed by atoms with Crippen molar-refractivity contribution in [1.82, 2.24) is 10.2 Å². The summed E-state index contributed by atoms with van der Waals surface area (Å²) >= 11 is 5.85. The van der Waals surface area contributed by atoms with Crippen molar-refractivity contribution in [3.05, 3.63) is 64.7 Å². The highest BCUT2D eigenvalue weighted by molar-refractivity contribution is 6.30. The minimum absolute atomic E-state index is 0.00578. The lowest BCUT2D eigenvalue weighted by molar-refractivity contribution is -0.138. The summed E-state index contributed by atoms with van der Waals surface area (Å²) in [6.45, 7) is 0.697. The van der Waals surface area contributed by atoms with E-state index in [1.54, 1.807) is 35.2 Å². The fraction of sp³-hybridized carbons (Fsp3) is 0.300. The van der Waals surface area contributed by atoms with E-state index >= 15 is 0 Å². The molecule has 2 aromatic carbocycles. The van der Waals surface area contributed by atoms with Gasteiger partial charge < -0.3 is 15.4 Å². The van der Waals surface area contributed by atoms with Gasteiger partial charge in [0, 0.05) is 24.2 Å². The number of benzene rings is 2. The maximum Gasteiger partial charge on any atom is 0.416 e. The molecule has 30 heavy (non-hydrogen) atoms. The number of nitrogens with two attached hydrogens (primary N) is 1. The third-order valence-electron chi connectivity index (χ3n) is 4.45. The van der Waals surface area contributed by atoms with E-state index in [0.717, 1.165) is 6.07 Å². The Morgan fingerprint density at radius 2 is 1.90 bits per heavy atom. The maximum absolute atomic E-state index is 13.6. The van der Waals surface area contributed by atoms with Crippen LogP contribution >= 0.6 is 11.6 Å². The van der Waals surface area contributed by atoms with Crippen LogP contribution in [0.1, 0.15) is 23.7 Å². The van der Waals surface area contributed by atoms with E-state index in [0.29, 0.717) is 36.3 Å². The Hall–Kier alpha value is -2.94. The standard InChI is InChI=1S/C20H21ClF3N5O/c1-26-19-28-18(25)27-17(15-5-2-3-6-16(15)20(22,23)24)29(19)11-4-12-30-14-9-7-13(21)8-10-14/h2-3,5-10,17H,4,11-12H2,1H3,(H3,25,26,27,28). The summed E-state index contributed by atoms with van der Waals surface area (Å²) in [5.74, 6) is 1.00. The highest BCUT2D eigenvalue weighted by Crippen LogP contribution is 2.37. The van der Waals surface area contributed by atoms with Crippen LogP contribution < -0.4 is 15.8 Å². The van der Waals surface area contributed by atoms with Gasteiger partial charge in [0.25, 0.3) is 0 Å². The molecule has 1 aliphatic heterocycles. The number of alkyl halides is 3. The number of nitrogens with zero attached hydrogens (tertiary/aromatic N) is 3. The highest BCUT2D eigenvalue weighted by Gasteiger charge is 2.38. The van der Waals surface area contributed by atoms with Gasteiger partial charge in [0.15, 0.2) is 12.1 Å². The van der Waals surface area contributed by atoms with Gasteiger partial charge in [-0.05, 0) is 36.8 Å². The van der Waals surface area contributed by atoms with Crippen molar-refractivity contribution >= 4 is 23.5 Å². The van der Waals surface area contributed by atoms with Crippen LogP contribution in [0.3, 0.4) is 0 Å². The van der Waals surface area contributed by atoms with E-state index in [2.05, 4.69) is 15.3 Å². The molecule has 0 amide bonds. The summed E-state index contributed by atoms with van der Waals surface area (Å²) in [6, 6.07) is 12.3. The second kappa shape index (κ2) is 9.25. The van der Waals surface area contributed by atoms with E-state index < -0.39 is 17.9 Å². The first-order valence-corrected chi connectivity index (χ1v) is 9.55. The summed E-state index contributed by atoms with van der Waals surface area (Å²) in [6.07, 6.45) is -4.96. The van der Waals surface area contributed by atoms with Crippen LogP contribution in [0.4, 0.5) is 13.2 Å². The van der Waals surface area contributed by atoms with Crippen LogP contribution in [0.15, 0.2) is 58.5 Å². The number of ether oxygens (including phenoxy) is 1. The van der Waals surface area contributed by atoms with Gasteiger partial charge in [-0.25, -0.2) is 4.99 Å². The predicted molar refractivity (Wildman–Crippen MR) is 111 cm³/mol. The zero-order valence-electron chi connectivity index (χ0n) is 16.2. The van der Waals surface area contributed by atoms with Gasteiger partial charge in [0.1, 0.15) is 5.75 Å². The van der Waals surface area contributed by atoms with Gasteiger partial charge in [-0.3, -0.25) is 10.3 Å². The van der Waals surface area contributed by atoms with Crippen molar-refractivity contribution in [2.24, 2.45) is 15.7 Å². The minimum Gasteiger partial charge on any atom is -0.494 e. The molecule has 1 atom stereocenters. The van der Waals surface area contributed by atoms with Crippen molar-refractivity contribution in [2.75, 3.05) is 20.2 Å². The summed E-state index contributed by atoms with van der Waals surface area (Å²) in [5.41, 5.74) is 5.06. The number of aliphatic imine (C=N–C) groups is 2. The fourth-order valence-electron chi connectivity index (χ4n) is 3.12. The van der Waals surface area contributed by atoms with Crippen LogP contribution in [-0.4, -0.2) is 37.0 Å². The number of rotatable bonds is 6. The van der Waals surface area contributed by atoms with Crippen LogP contribution in [0.5, 0.6) is 5.75 Å². The van der Waals surface area contributed by atoms with E-state index in [9.17, 15) is 13.2 Å². The molecule has 0 saturated heterocycles. The SMILES string of the molecule is CN=C1NC(N)=NC(c2ccccc2C(F)(F)F)N1CCCOc1ccc(Cl)cc1. The van der Waals surface area contributed by atoms with Crippen molar-refractivity contribution in [3.63, 3.8) is 0 Å². The van der Waals surface area contributed by atoms with Gasteiger partial charge in [-0.1, -0.05) is 29.8 Å². The highest BCUT2D eigenvalue weighted by atomic mass is 35.5. The van der Waals surface area contributed by atoms with Crippen LogP contribution in [0.25, 0.3) is 0 Å². The molecule has 6 nitrogen and oxygen atoms in total. The Balaban J connectivity index is 1.79. The monoisotopic (exact) mass is 439 g/mol. The normalized spacial score (nSPS) is 18.2. The Morgan fingerprint density at radius 3 is 2.57 bits per heavy atom. The topological polar surface area (TPSA) is 75.2 Å². The van der Waals surface area contributed by atoms with Gasteiger partial charge in [0.2, 0.25) is 5.96 Å². The van der Waals surface area contributed by atoms with Crippen LogP contribution in [0, 0.1) is 0 Å². The molecule has 0 aliphatic carbocycles. The first-order valence-electron chi connectivity index (χ1n) is 9.18. The molecule has 0 fully saturated rings. The molecule has 1 aliphatic rings. The first-order chi connectivity index (χ1) is 14.3. The molecule has 0 spiro atoms. The average molecular weight is 440 g/mol. The molecule has 2 aromatic rings. The molecule has 10 heteroatoms. The van der Waals surface area contributed by atoms with Crippen LogP contribution in [0.2, 0.25) is 5.02 Å². The number of guanidine groups is 2. The lowest BCUT2D eigenvalue weighted by atomic mass is 10.0. The second-order valence-electron chi connectivity index (χ2n) is 6.49. The van der Waals surface area contributed by atoms with Crippen molar-refractivity contribution in [3.8, 4) is 5.75 Å². The summed E-state index contributed by atoms with van der Waals surface area (Å²) in [7, 11) is 1.53. The van der Waals surface area contributed by atoms with E-state index in [1.807, 2.05) is 0 Å². The zero-order valence-corrected chi connectivity index (χ0v) is 16.9. The molecular weight excluding hydrogens is 419 g/mol. The Bertz CT molecular complexity index is 931. The molecule has 0 saturated carbocycles. The van der Waals surface area contributed by atoms with Gasteiger partial charge in [0.05, 0.1) is 12.2 Å². The summed E-state index contributed by atoms with van der Waals surface area (Å²) in [5, 5.41) is 3.41. The first kappa shape index (κ1) is 21.8. The summed E-state index contributed by atoms with van der Waals surface area (Å²) in [4.78, 5) is 10.00. The number of nitrogens with one attached hydrogen (secondary N) is 1. The minimum atomic E-state index is -4.52. The Morgan fingerprint density at radius 1 is 1.20 bits per heavy atom. The van der Waals surface area contributed by atoms with Crippen LogP contribution in [-0.2, 0) is 6.18 Å². The smallest absolute Gasteiger partial charge is 0.416 e. The van der Waals surface area contributed by atoms with E-state index in [-0.39, 0.29) is 11.5 Å². The lowest BCUT2D eigenvalue weighted by Crippen LogP contribution is -2.53. The largest absolute Gasteiger partial charge is 0.494 e. The predicted octanol–water partition coefficient (Wildman–Crippen LogP) is 4.03. The molecule has 0 aromatic heterocycles. The average Bonchev–Trinajstić information content (AvgIpc) is 2.72. The van der Waals surface area contributed by atoms with Crippen molar-refractivity contribution in [1.29, 1.82) is 0 Å². The van der Waals surface area contributed by atoms with Gasteiger partial charge >= 0.3 is 6.18 Å². The molecule has 3 N–H and O–H groups in total. The third kappa shape index (κ3) is 5.15. The maximum atomic E-state index is 13.6. The molecule has 0 bridgehead atoms. The number of hydrogen-bond acceptors (Lipinski definition) is 4. The van der Waals surface area contributed by atoms with Crippen molar-refractivity contribution in [2.45, 2.75) is 18.8 Å². The Kier molecular flexibility index (Phi) is 6.71. The molecule has 160 valence electrons. The van der Waals surface area contributed by atoms with Gasteiger partial charge in [-0.15, -0.1) is 0 Å².